The van der Waals surface area contributed by atoms with Crippen molar-refractivity contribution in [3.8, 4) is 0 Å². The molecule has 0 unspecified atom stereocenters. The van der Waals surface area contributed by atoms with Crippen molar-refractivity contribution < 1.29 is 62.8 Å². The zero-order valence-corrected chi connectivity index (χ0v) is 28.5. The van der Waals surface area contributed by atoms with E-state index in [1.807, 2.05) is 0 Å². The lowest BCUT2D eigenvalue weighted by Gasteiger charge is -2.47. The molecule has 0 saturated carbocycles. The van der Waals surface area contributed by atoms with E-state index < -0.39 is 73.4 Å². The third kappa shape index (κ3) is 14.0. The maximum atomic E-state index is 11.8. The van der Waals surface area contributed by atoms with Gasteiger partial charge in [0.25, 0.3) is 0 Å². The summed E-state index contributed by atoms with van der Waals surface area (Å²) < 4.78 is 46.1. The second-order valence-electron chi connectivity index (χ2n) is 12.2. The van der Waals surface area contributed by atoms with E-state index in [1.165, 1.54) is 33.8 Å². The molecule has 2 aliphatic rings. The van der Waals surface area contributed by atoms with E-state index >= 15 is 0 Å². The number of ether oxygens (including phenoxy) is 8. The van der Waals surface area contributed by atoms with Crippen LogP contribution in [0.25, 0.3) is 0 Å². The molecule has 0 bridgehead atoms. The van der Waals surface area contributed by atoms with Crippen molar-refractivity contribution in [3.05, 3.63) is 0 Å². The normalized spacial score (nSPS) is 31.5. The number of carbonyl (C=O) groups is 2. The highest BCUT2D eigenvalue weighted by atomic mass is 16.7. The molecule has 2 saturated heterocycles. The Morgan fingerprint density at radius 2 is 1.04 bits per heavy atom. The number of unbranched alkanes of at least 4 members (excludes halogenated alkanes) is 10. The van der Waals surface area contributed by atoms with Gasteiger partial charge in [-0.15, -0.1) is 0 Å². The molecule has 2 heterocycles. The Hall–Kier alpha value is -1.42. The average Bonchev–Trinajstić information content (AvgIpc) is 3.03. The van der Waals surface area contributed by atoms with Crippen molar-refractivity contribution in [2.24, 2.45) is 0 Å². The zero-order valence-electron chi connectivity index (χ0n) is 28.5. The highest BCUT2D eigenvalue weighted by molar-refractivity contribution is 5.66. The van der Waals surface area contributed by atoms with Crippen molar-refractivity contribution >= 4 is 11.9 Å². The smallest absolute Gasteiger partial charge is 0.302 e. The number of aliphatic hydroxyl groups is 3. The maximum absolute atomic E-state index is 11.8. The summed E-state index contributed by atoms with van der Waals surface area (Å²) in [7, 11) is 1.30. The molecule has 13 heteroatoms. The van der Waals surface area contributed by atoms with Crippen molar-refractivity contribution in [1.82, 2.24) is 0 Å². The molecule has 270 valence electrons. The average molecular weight is 665 g/mol. The number of esters is 2. The second kappa shape index (κ2) is 23.0. The van der Waals surface area contributed by atoms with Gasteiger partial charge in [-0.25, -0.2) is 0 Å². The van der Waals surface area contributed by atoms with Crippen molar-refractivity contribution in [2.75, 3.05) is 33.5 Å². The molecule has 0 radical (unpaired) electrons. The van der Waals surface area contributed by atoms with E-state index in [2.05, 4.69) is 13.8 Å². The quantitative estimate of drug-likeness (QED) is 0.108. The standard InChI is InChI=1S/C33H60O13/c1-6-8-10-12-14-16-18-40-30-25(21-43-23(4)35)45-33(28(38)31(30)41-19-17-15-13-11-9-7-2)46-29-24(20-42-22(3)34)44-32(39-5)27(37)26(29)36/h24-33,36-38H,6-21H2,1-5H3/t24-,25-,26-,27-,28-,29-,30+,31-,32-,33+/m1/s1. The first-order valence-corrected chi connectivity index (χ1v) is 17.2. The van der Waals surface area contributed by atoms with Gasteiger partial charge in [-0.1, -0.05) is 78.1 Å². The number of carbonyl (C=O) groups excluding carboxylic acids is 2. The van der Waals surface area contributed by atoms with E-state index in [-0.39, 0.29) is 13.2 Å². The van der Waals surface area contributed by atoms with Crippen LogP contribution in [0.5, 0.6) is 0 Å². The summed E-state index contributed by atoms with van der Waals surface area (Å²) >= 11 is 0. The van der Waals surface area contributed by atoms with Gasteiger partial charge in [0.05, 0.1) is 0 Å². The van der Waals surface area contributed by atoms with Crippen molar-refractivity contribution in [2.45, 2.75) is 166 Å². The minimum absolute atomic E-state index is 0.186. The Labute approximate surface area is 274 Å². The molecule has 3 N–H and O–H groups in total. The molecule has 0 spiro atoms. The summed E-state index contributed by atoms with van der Waals surface area (Å²) in [6.45, 7) is 7.10. The van der Waals surface area contributed by atoms with Gasteiger partial charge >= 0.3 is 11.9 Å². The summed E-state index contributed by atoms with van der Waals surface area (Å²) in [4.78, 5) is 23.3. The van der Waals surface area contributed by atoms with Gasteiger partial charge in [-0.3, -0.25) is 9.59 Å². The molecular weight excluding hydrogens is 604 g/mol. The molecule has 10 atom stereocenters. The molecular formula is C33H60O13. The van der Waals surface area contributed by atoms with Gasteiger partial charge in [0.15, 0.2) is 12.6 Å². The SMILES string of the molecule is CCCCCCCCO[C@@H]1[C@@H](O)[C@H](O[C@H]2[C@H](O)[C@@H](O)[C@H](OC)O[C@@H]2COC(C)=O)O[C@H](COC(C)=O)[C@@H]1OCCCCCCCC. The predicted octanol–water partition coefficient (Wildman–Crippen LogP) is 3.17. The fraction of sp³-hybridized carbons (Fsp3) is 0.939. The Bertz CT molecular complexity index is 829. The summed E-state index contributed by atoms with van der Waals surface area (Å²) in [6.07, 6.45) is 0.734. The van der Waals surface area contributed by atoms with E-state index in [9.17, 15) is 24.9 Å². The molecule has 46 heavy (non-hydrogen) atoms. The van der Waals surface area contributed by atoms with Crippen LogP contribution in [0.4, 0.5) is 0 Å². The number of aliphatic hydroxyl groups excluding tert-OH is 3. The highest BCUT2D eigenvalue weighted by Gasteiger charge is 2.52. The highest BCUT2D eigenvalue weighted by Crippen LogP contribution is 2.32. The number of hydrogen-bond acceptors (Lipinski definition) is 13. The molecule has 0 aromatic rings. The second-order valence-corrected chi connectivity index (χ2v) is 12.2. The molecule has 2 aliphatic heterocycles. The van der Waals surface area contributed by atoms with Gasteiger partial charge < -0.3 is 53.2 Å². The third-order valence-corrected chi connectivity index (χ3v) is 8.30. The van der Waals surface area contributed by atoms with Gasteiger partial charge in [-0.05, 0) is 12.8 Å². The zero-order chi connectivity index (χ0) is 33.9. The lowest BCUT2D eigenvalue weighted by atomic mass is 9.96. The molecule has 2 fully saturated rings. The Kier molecular flexibility index (Phi) is 20.4. The van der Waals surface area contributed by atoms with E-state index in [1.54, 1.807) is 0 Å². The predicted molar refractivity (Wildman–Crippen MR) is 167 cm³/mol. The van der Waals surface area contributed by atoms with Crippen LogP contribution in [0.1, 0.15) is 105 Å². The van der Waals surface area contributed by atoms with Crippen LogP contribution in [0.2, 0.25) is 0 Å². The van der Waals surface area contributed by atoms with Crippen LogP contribution in [0.3, 0.4) is 0 Å². The summed E-state index contributed by atoms with van der Waals surface area (Å²) in [6, 6.07) is 0. The third-order valence-electron chi connectivity index (χ3n) is 8.30. The fourth-order valence-electron chi connectivity index (χ4n) is 5.69. The molecule has 2 rings (SSSR count). The molecule has 0 aromatic carbocycles. The van der Waals surface area contributed by atoms with Crippen molar-refractivity contribution in [3.63, 3.8) is 0 Å². The monoisotopic (exact) mass is 664 g/mol. The van der Waals surface area contributed by atoms with Crippen LogP contribution in [0.15, 0.2) is 0 Å². The van der Waals surface area contributed by atoms with Gasteiger partial charge in [0, 0.05) is 34.2 Å². The van der Waals surface area contributed by atoms with Crippen LogP contribution in [0, 0.1) is 0 Å². The van der Waals surface area contributed by atoms with E-state index in [0.29, 0.717) is 13.2 Å². The summed E-state index contributed by atoms with van der Waals surface area (Å²) in [5, 5.41) is 33.2. The molecule has 0 aromatic heterocycles. The molecule has 0 amide bonds. The van der Waals surface area contributed by atoms with Crippen LogP contribution in [-0.4, -0.2) is 122 Å². The first-order chi connectivity index (χ1) is 22.1. The molecule has 0 aliphatic carbocycles. The minimum atomic E-state index is -1.55. The number of hydrogen-bond donors (Lipinski definition) is 3. The maximum Gasteiger partial charge on any atom is 0.302 e. The number of rotatable bonds is 23. The number of methoxy groups -OCH3 is 1. The Balaban J connectivity index is 2.24. The largest absolute Gasteiger partial charge is 0.463 e. The Morgan fingerprint density at radius 3 is 1.54 bits per heavy atom. The Morgan fingerprint density at radius 1 is 0.587 bits per heavy atom. The fourth-order valence-corrected chi connectivity index (χ4v) is 5.69. The summed E-state index contributed by atoms with van der Waals surface area (Å²) in [5.74, 6) is -1.10. The van der Waals surface area contributed by atoms with E-state index in [4.69, 9.17) is 37.9 Å². The molecule has 13 nitrogen and oxygen atoms in total. The lowest BCUT2D eigenvalue weighted by Crippen LogP contribution is -2.65. The van der Waals surface area contributed by atoms with Gasteiger partial charge in [-0.2, -0.15) is 0 Å². The van der Waals surface area contributed by atoms with Crippen LogP contribution >= 0.6 is 0 Å². The van der Waals surface area contributed by atoms with Gasteiger partial charge in [0.2, 0.25) is 0 Å². The van der Waals surface area contributed by atoms with Crippen LogP contribution < -0.4 is 0 Å². The lowest BCUT2D eigenvalue weighted by molar-refractivity contribution is -0.362. The van der Waals surface area contributed by atoms with E-state index in [0.717, 1.165) is 64.2 Å². The van der Waals surface area contributed by atoms with Gasteiger partial charge in [0.1, 0.15) is 62.0 Å². The minimum Gasteiger partial charge on any atom is -0.463 e. The van der Waals surface area contributed by atoms with Crippen molar-refractivity contribution in [1.29, 1.82) is 0 Å². The summed E-state index contributed by atoms with van der Waals surface area (Å²) in [5.41, 5.74) is 0. The van der Waals surface area contributed by atoms with Crippen LogP contribution in [-0.2, 0) is 47.5 Å². The first kappa shape index (κ1) is 40.8. The first-order valence-electron chi connectivity index (χ1n) is 17.2. The topological polar surface area (TPSA) is 169 Å².